The molecule has 1 aromatic carbocycles. The summed E-state index contributed by atoms with van der Waals surface area (Å²) in [5, 5.41) is 0. The number of rotatable bonds is 1. The Morgan fingerprint density at radius 2 is 2.14 bits per heavy atom. The number of carbonyl (C=O) groups is 1. The van der Waals surface area contributed by atoms with Crippen LogP contribution in [0.1, 0.15) is 5.56 Å². The Labute approximate surface area is 88.7 Å². The lowest BCUT2D eigenvalue weighted by atomic mass is 10.0. The zero-order chi connectivity index (χ0) is 9.26. The van der Waals surface area contributed by atoms with Crippen molar-refractivity contribution in [2.24, 2.45) is 5.73 Å². The number of fused-ring (bicyclic) bond motifs is 1. The maximum absolute atomic E-state index is 11.4. The van der Waals surface area contributed by atoms with Gasteiger partial charge in [0.25, 0.3) is 0 Å². The molecule has 1 aromatic rings. The molecule has 4 heteroatoms. The van der Waals surface area contributed by atoms with E-state index in [2.05, 4.69) is 0 Å². The minimum absolute atomic E-state index is 0. The van der Waals surface area contributed by atoms with Crippen LogP contribution in [0.3, 0.4) is 0 Å². The van der Waals surface area contributed by atoms with E-state index >= 15 is 0 Å². The fraction of sp³-hybridized carbons (Fsp3) is 0.300. The monoisotopic (exact) mass is 213 g/mol. The van der Waals surface area contributed by atoms with Gasteiger partial charge in [-0.3, -0.25) is 4.79 Å². The van der Waals surface area contributed by atoms with Crippen molar-refractivity contribution < 1.29 is 9.53 Å². The topological polar surface area (TPSA) is 52.3 Å². The van der Waals surface area contributed by atoms with Crippen LogP contribution in [0.2, 0.25) is 0 Å². The van der Waals surface area contributed by atoms with E-state index in [0.717, 1.165) is 11.3 Å². The van der Waals surface area contributed by atoms with E-state index in [-0.39, 0.29) is 24.7 Å². The van der Waals surface area contributed by atoms with Gasteiger partial charge in [-0.15, -0.1) is 12.4 Å². The largest absolute Gasteiger partial charge is 0.481 e. The van der Waals surface area contributed by atoms with Crippen molar-refractivity contribution in [2.75, 3.05) is 6.54 Å². The predicted molar refractivity (Wildman–Crippen MR) is 55.9 cm³/mol. The molecule has 0 fully saturated rings. The molecule has 0 amide bonds. The van der Waals surface area contributed by atoms with E-state index in [0.29, 0.717) is 6.42 Å². The van der Waals surface area contributed by atoms with Crippen molar-refractivity contribution in [3.8, 4) is 5.75 Å². The molecule has 1 aliphatic heterocycles. The summed E-state index contributed by atoms with van der Waals surface area (Å²) < 4.78 is 5.42. The van der Waals surface area contributed by atoms with Gasteiger partial charge in [-0.1, -0.05) is 18.2 Å². The second-order valence-electron chi connectivity index (χ2n) is 3.09. The maximum atomic E-state index is 11.4. The van der Waals surface area contributed by atoms with Crippen LogP contribution in [0.25, 0.3) is 0 Å². The molecule has 0 aromatic heterocycles. The SMILES string of the molecule is Cl.NCC1Oc2ccccc2CC1=O. The number of Topliss-reactive ketones (excluding diaryl/α,β-unsaturated/α-hetero) is 1. The number of para-hydroxylation sites is 1. The van der Waals surface area contributed by atoms with E-state index in [1.165, 1.54) is 0 Å². The first kappa shape index (κ1) is 11.0. The summed E-state index contributed by atoms with van der Waals surface area (Å²) in [5.74, 6) is 0.860. The number of ketones is 1. The summed E-state index contributed by atoms with van der Waals surface area (Å²) in [7, 11) is 0. The minimum Gasteiger partial charge on any atom is -0.481 e. The highest BCUT2D eigenvalue weighted by Crippen LogP contribution is 2.24. The van der Waals surface area contributed by atoms with E-state index in [1.54, 1.807) is 0 Å². The van der Waals surface area contributed by atoms with E-state index < -0.39 is 6.10 Å². The van der Waals surface area contributed by atoms with Gasteiger partial charge in [-0.2, -0.15) is 0 Å². The highest BCUT2D eigenvalue weighted by Gasteiger charge is 2.25. The molecule has 2 rings (SSSR count). The third-order valence-corrected chi connectivity index (χ3v) is 2.18. The van der Waals surface area contributed by atoms with E-state index in [9.17, 15) is 4.79 Å². The lowest BCUT2D eigenvalue weighted by Crippen LogP contribution is -2.39. The molecular formula is C10H12ClNO2. The number of nitrogens with two attached hydrogens (primary N) is 1. The van der Waals surface area contributed by atoms with Crippen LogP contribution in [-0.2, 0) is 11.2 Å². The molecule has 0 bridgehead atoms. The Bertz CT molecular complexity index is 341. The molecule has 0 saturated heterocycles. The molecule has 0 saturated carbocycles. The molecule has 14 heavy (non-hydrogen) atoms. The minimum atomic E-state index is -0.449. The fourth-order valence-corrected chi connectivity index (χ4v) is 1.46. The van der Waals surface area contributed by atoms with Crippen molar-refractivity contribution >= 4 is 18.2 Å². The second kappa shape index (κ2) is 4.44. The molecule has 1 aliphatic rings. The molecular weight excluding hydrogens is 202 g/mol. The lowest BCUT2D eigenvalue weighted by Gasteiger charge is -2.23. The van der Waals surface area contributed by atoms with Crippen molar-refractivity contribution in [3.05, 3.63) is 29.8 Å². The number of halogens is 1. The third kappa shape index (κ3) is 1.89. The Morgan fingerprint density at radius 3 is 2.86 bits per heavy atom. The van der Waals surface area contributed by atoms with Gasteiger partial charge in [0, 0.05) is 18.5 Å². The van der Waals surface area contributed by atoms with Crippen LogP contribution in [0.5, 0.6) is 5.75 Å². The van der Waals surface area contributed by atoms with Crippen molar-refractivity contribution in [3.63, 3.8) is 0 Å². The van der Waals surface area contributed by atoms with Crippen LogP contribution >= 0.6 is 12.4 Å². The molecule has 1 unspecified atom stereocenters. The zero-order valence-corrected chi connectivity index (χ0v) is 8.42. The van der Waals surface area contributed by atoms with Crippen LogP contribution in [-0.4, -0.2) is 18.4 Å². The third-order valence-electron chi connectivity index (χ3n) is 2.18. The fourth-order valence-electron chi connectivity index (χ4n) is 1.46. The first-order chi connectivity index (χ1) is 6.31. The number of hydrogen-bond donors (Lipinski definition) is 1. The summed E-state index contributed by atoms with van der Waals surface area (Å²) in [5.41, 5.74) is 6.36. The lowest BCUT2D eigenvalue weighted by molar-refractivity contribution is -0.125. The van der Waals surface area contributed by atoms with Crippen LogP contribution in [0.15, 0.2) is 24.3 Å². The molecule has 3 nitrogen and oxygen atoms in total. The Kier molecular flexibility index (Phi) is 3.49. The molecule has 2 N–H and O–H groups in total. The predicted octanol–water partition coefficient (Wildman–Crippen LogP) is 0.940. The average molecular weight is 214 g/mol. The smallest absolute Gasteiger partial charge is 0.179 e. The summed E-state index contributed by atoms with van der Waals surface area (Å²) in [6.45, 7) is 0.257. The number of hydrogen-bond acceptors (Lipinski definition) is 3. The van der Waals surface area contributed by atoms with Crippen molar-refractivity contribution in [1.29, 1.82) is 0 Å². The van der Waals surface area contributed by atoms with Gasteiger partial charge in [-0.05, 0) is 6.07 Å². The van der Waals surface area contributed by atoms with Crippen LogP contribution in [0.4, 0.5) is 0 Å². The van der Waals surface area contributed by atoms with Crippen molar-refractivity contribution in [2.45, 2.75) is 12.5 Å². The summed E-state index contributed by atoms with van der Waals surface area (Å²) in [4.78, 5) is 11.4. The maximum Gasteiger partial charge on any atom is 0.179 e. The summed E-state index contributed by atoms with van der Waals surface area (Å²) >= 11 is 0. The molecule has 1 heterocycles. The summed E-state index contributed by atoms with van der Waals surface area (Å²) in [6.07, 6.45) is -0.00667. The number of benzene rings is 1. The van der Waals surface area contributed by atoms with Gasteiger partial charge in [-0.25, -0.2) is 0 Å². The first-order valence-electron chi connectivity index (χ1n) is 4.28. The standard InChI is InChI=1S/C10H11NO2.ClH/c11-6-10-8(12)5-7-3-1-2-4-9(7)13-10;/h1-4,10H,5-6,11H2;1H. The van der Waals surface area contributed by atoms with Gasteiger partial charge in [0.15, 0.2) is 11.9 Å². The highest BCUT2D eigenvalue weighted by molar-refractivity contribution is 5.87. The van der Waals surface area contributed by atoms with Gasteiger partial charge in [0.05, 0.1) is 0 Å². The zero-order valence-electron chi connectivity index (χ0n) is 7.60. The molecule has 76 valence electrons. The van der Waals surface area contributed by atoms with Gasteiger partial charge < -0.3 is 10.5 Å². The van der Waals surface area contributed by atoms with E-state index in [4.69, 9.17) is 10.5 Å². The number of carbonyl (C=O) groups excluding carboxylic acids is 1. The Morgan fingerprint density at radius 1 is 1.43 bits per heavy atom. The van der Waals surface area contributed by atoms with Gasteiger partial charge in [0.1, 0.15) is 5.75 Å². The summed E-state index contributed by atoms with van der Waals surface area (Å²) in [6, 6.07) is 7.56. The Balaban J connectivity index is 0.000000980. The highest BCUT2D eigenvalue weighted by atomic mass is 35.5. The first-order valence-corrected chi connectivity index (χ1v) is 4.28. The molecule has 0 radical (unpaired) electrons. The average Bonchev–Trinajstić information content (AvgIpc) is 2.17. The van der Waals surface area contributed by atoms with Crippen LogP contribution in [0, 0.1) is 0 Å². The molecule has 0 aliphatic carbocycles. The van der Waals surface area contributed by atoms with E-state index in [1.807, 2.05) is 24.3 Å². The van der Waals surface area contributed by atoms with Crippen LogP contribution < -0.4 is 10.5 Å². The molecule has 1 atom stereocenters. The Hall–Kier alpha value is -1.06. The second-order valence-corrected chi connectivity index (χ2v) is 3.09. The van der Waals surface area contributed by atoms with Gasteiger partial charge >= 0.3 is 0 Å². The van der Waals surface area contributed by atoms with Gasteiger partial charge in [0.2, 0.25) is 0 Å². The number of ether oxygens (including phenoxy) is 1. The normalized spacial score (nSPS) is 19.2. The molecule has 0 spiro atoms. The van der Waals surface area contributed by atoms with Crippen molar-refractivity contribution in [1.82, 2.24) is 0 Å². The quantitative estimate of drug-likeness (QED) is 0.756.